The first-order valence-electron chi connectivity index (χ1n) is 6.36. The fraction of sp³-hybridized carbons (Fsp3) is 0.429. The largest absolute Gasteiger partial charge is 0.375 e. The van der Waals surface area contributed by atoms with Crippen LogP contribution in [-0.4, -0.2) is 21.6 Å². The lowest BCUT2D eigenvalue weighted by atomic mass is 10.0. The van der Waals surface area contributed by atoms with E-state index in [0.29, 0.717) is 13.2 Å². The molecule has 0 aliphatic heterocycles. The van der Waals surface area contributed by atoms with Crippen LogP contribution in [0.1, 0.15) is 36.7 Å². The van der Waals surface area contributed by atoms with Crippen LogP contribution in [0.25, 0.3) is 0 Å². The van der Waals surface area contributed by atoms with Gasteiger partial charge in [-0.25, -0.2) is 9.07 Å². The number of nitrogens with zero attached hydrogens (tertiary/aromatic N) is 3. The molecule has 19 heavy (non-hydrogen) atoms. The molecular weight excluding hydrogens is 245 g/mol. The van der Waals surface area contributed by atoms with E-state index in [1.807, 2.05) is 27.0 Å². The molecule has 0 aliphatic carbocycles. The molecule has 5 heteroatoms. The summed E-state index contributed by atoms with van der Waals surface area (Å²) >= 11 is 0. The lowest BCUT2D eigenvalue weighted by Gasteiger charge is -2.14. The van der Waals surface area contributed by atoms with Gasteiger partial charge in [0.25, 0.3) is 0 Å². The van der Waals surface area contributed by atoms with Crippen LogP contribution >= 0.6 is 0 Å². The second kappa shape index (κ2) is 5.93. The zero-order valence-corrected chi connectivity index (χ0v) is 11.4. The zero-order chi connectivity index (χ0) is 13.8. The average Bonchev–Trinajstić information content (AvgIpc) is 2.84. The molecule has 102 valence electrons. The quantitative estimate of drug-likeness (QED) is 0.832. The Morgan fingerprint density at radius 2 is 2.21 bits per heavy atom. The van der Waals surface area contributed by atoms with Gasteiger partial charge < -0.3 is 4.74 Å². The lowest BCUT2D eigenvalue weighted by molar-refractivity contribution is 0.131. The van der Waals surface area contributed by atoms with E-state index in [1.165, 1.54) is 12.1 Å². The number of aromatic nitrogens is 3. The summed E-state index contributed by atoms with van der Waals surface area (Å²) in [5, 5.41) is 8.16. The highest BCUT2D eigenvalue weighted by atomic mass is 19.1. The molecule has 0 radical (unpaired) electrons. The molecule has 0 aliphatic rings. The van der Waals surface area contributed by atoms with Gasteiger partial charge in [0.1, 0.15) is 11.5 Å². The number of hydrogen-bond donors (Lipinski definition) is 0. The maximum atomic E-state index is 13.1. The first-order valence-corrected chi connectivity index (χ1v) is 6.36. The average molecular weight is 263 g/mol. The van der Waals surface area contributed by atoms with Crippen molar-refractivity contribution in [3.63, 3.8) is 0 Å². The van der Waals surface area contributed by atoms with E-state index in [0.717, 1.165) is 16.8 Å². The Hall–Kier alpha value is -1.75. The van der Waals surface area contributed by atoms with Crippen molar-refractivity contribution in [3.8, 4) is 0 Å². The molecule has 4 nitrogen and oxygen atoms in total. The highest BCUT2D eigenvalue weighted by Gasteiger charge is 2.13. The molecule has 0 amide bonds. The van der Waals surface area contributed by atoms with Crippen molar-refractivity contribution < 1.29 is 9.13 Å². The Bertz CT molecular complexity index is 553. The highest BCUT2D eigenvalue weighted by Crippen LogP contribution is 2.21. The molecule has 0 saturated heterocycles. The molecule has 0 saturated carbocycles. The normalized spacial score (nSPS) is 12.6. The SMILES string of the molecule is CCOCc1cn([C@H](C)c2ccc(F)cc2C)nn1. The van der Waals surface area contributed by atoms with Crippen molar-refractivity contribution in [2.75, 3.05) is 6.61 Å². The van der Waals surface area contributed by atoms with Crippen LogP contribution in [0.15, 0.2) is 24.4 Å². The molecule has 0 spiro atoms. The van der Waals surface area contributed by atoms with Crippen LogP contribution in [0, 0.1) is 12.7 Å². The molecule has 0 unspecified atom stereocenters. The molecule has 1 heterocycles. The zero-order valence-electron chi connectivity index (χ0n) is 11.4. The third kappa shape index (κ3) is 3.17. The summed E-state index contributed by atoms with van der Waals surface area (Å²) in [6, 6.07) is 4.81. The molecule has 0 N–H and O–H groups in total. The summed E-state index contributed by atoms with van der Waals surface area (Å²) in [5.74, 6) is -0.218. The van der Waals surface area contributed by atoms with Gasteiger partial charge in [-0.2, -0.15) is 0 Å². The van der Waals surface area contributed by atoms with Crippen molar-refractivity contribution in [1.82, 2.24) is 15.0 Å². The summed E-state index contributed by atoms with van der Waals surface area (Å²) in [6.45, 7) is 6.96. The summed E-state index contributed by atoms with van der Waals surface area (Å²) in [4.78, 5) is 0. The van der Waals surface area contributed by atoms with E-state index in [2.05, 4.69) is 10.3 Å². The molecule has 1 aromatic carbocycles. The number of rotatable bonds is 5. The van der Waals surface area contributed by atoms with Gasteiger partial charge in [0, 0.05) is 6.61 Å². The summed E-state index contributed by atoms with van der Waals surface area (Å²) in [6.07, 6.45) is 1.86. The van der Waals surface area contributed by atoms with E-state index < -0.39 is 0 Å². The van der Waals surface area contributed by atoms with Crippen molar-refractivity contribution in [2.24, 2.45) is 0 Å². The number of hydrogen-bond acceptors (Lipinski definition) is 3. The van der Waals surface area contributed by atoms with E-state index in [9.17, 15) is 4.39 Å². The lowest BCUT2D eigenvalue weighted by Crippen LogP contribution is -2.09. The number of benzene rings is 1. The maximum absolute atomic E-state index is 13.1. The van der Waals surface area contributed by atoms with Gasteiger partial charge in [0.2, 0.25) is 0 Å². The number of aryl methyl sites for hydroxylation is 1. The molecule has 1 atom stereocenters. The van der Waals surface area contributed by atoms with Crippen LogP contribution in [0.3, 0.4) is 0 Å². The Kier molecular flexibility index (Phi) is 4.27. The minimum absolute atomic E-state index is 0.0171. The Morgan fingerprint density at radius 1 is 1.42 bits per heavy atom. The molecule has 2 rings (SSSR count). The van der Waals surface area contributed by atoms with Gasteiger partial charge in [-0.15, -0.1) is 5.10 Å². The van der Waals surface area contributed by atoms with Crippen LogP contribution in [0.4, 0.5) is 4.39 Å². The predicted octanol–water partition coefficient (Wildman–Crippen LogP) is 2.87. The van der Waals surface area contributed by atoms with Gasteiger partial charge >= 0.3 is 0 Å². The third-order valence-electron chi connectivity index (χ3n) is 3.09. The van der Waals surface area contributed by atoms with Crippen LogP contribution in [0.5, 0.6) is 0 Å². The first kappa shape index (κ1) is 13.7. The Balaban J connectivity index is 2.18. The fourth-order valence-electron chi connectivity index (χ4n) is 2.03. The summed E-state index contributed by atoms with van der Waals surface area (Å²) in [7, 11) is 0. The van der Waals surface area contributed by atoms with Crippen molar-refractivity contribution in [2.45, 2.75) is 33.4 Å². The number of ether oxygens (including phenoxy) is 1. The maximum Gasteiger partial charge on any atom is 0.123 e. The minimum Gasteiger partial charge on any atom is -0.375 e. The standard InChI is InChI=1S/C14H18FN3O/c1-4-19-9-13-8-18(17-16-13)11(3)14-6-5-12(15)7-10(14)2/h5-8,11H,4,9H2,1-3H3/t11-/m1/s1. The molecule has 2 aromatic rings. The second-order valence-electron chi connectivity index (χ2n) is 4.50. The smallest absolute Gasteiger partial charge is 0.123 e. The monoisotopic (exact) mass is 263 g/mol. The topological polar surface area (TPSA) is 39.9 Å². The van der Waals surface area contributed by atoms with E-state index in [4.69, 9.17) is 4.74 Å². The predicted molar refractivity (Wildman–Crippen MR) is 70.3 cm³/mol. The summed E-state index contributed by atoms with van der Waals surface area (Å²) in [5.41, 5.74) is 2.75. The first-order chi connectivity index (χ1) is 9.11. The van der Waals surface area contributed by atoms with Crippen LogP contribution in [-0.2, 0) is 11.3 Å². The van der Waals surface area contributed by atoms with E-state index in [1.54, 1.807) is 10.7 Å². The van der Waals surface area contributed by atoms with E-state index >= 15 is 0 Å². The van der Waals surface area contributed by atoms with Crippen molar-refractivity contribution in [3.05, 3.63) is 47.0 Å². The van der Waals surface area contributed by atoms with Gasteiger partial charge in [-0.1, -0.05) is 11.3 Å². The fourth-order valence-corrected chi connectivity index (χ4v) is 2.03. The van der Waals surface area contributed by atoms with Crippen LogP contribution in [0.2, 0.25) is 0 Å². The molecule has 0 fully saturated rings. The molecular formula is C14H18FN3O. The molecule has 0 bridgehead atoms. The Morgan fingerprint density at radius 3 is 2.89 bits per heavy atom. The van der Waals surface area contributed by atoms with Gasteiger partial charge in [0.15, 0.2) is 0 Å². The number of halogens is 1. The van der Waals surface area contributed by atoms with E-state index in [-0.39, 0.29) is 11.9 Å². The minimum atomic E-state index is -0.218. The Labute approximate surface area is 112 Å². The molecule has 1 aromatic heterocycles. The van der Waals surface area contributed by atoms with Crippen molar-refractivity contribution in [1.29, 1.82) is 0 Å². The van der Waals surface area contributed by atoms with Gasteiger partial charge in [-0.05, 0) is 44.0 Å². The van der Waals surface area contributed by atoms with Crippen LogP contribution < -0.4 is 0 Å². The third-order valence-corrected chi connectivity index (χ3v) is 3.09. The highest BCUT2D eigenvalue weighted by molar-refractivity contribution is 5.29. The second-order valence-corrected chi connectivity index (χ2v) is 4.50. The van der Waals surface area contributed by atoms with Gasteiger partial charge in [-0.3, -0.25) is 0 Å². The van der Waals surface area contributed by atoms with Gasteiger partial charge in [0.05, 0.1) is 18.8 Å². The van der Waals surface area contributed by atoms with Crippen molar-refractivity contribution >= 4 is 0 Å². The summed E-state index contributed by atoms with van der Waals surface area (Å²) < 4.78 is 20.2.